The van der Waals surface area contributed by atoms with Gasteiger partial charge < -0.3 is 0 Å². The summed E-state index contributed by atoms with van der Waals surface area (Å²) in [6.45, 7) is 4.13. The third kappa shape index (κ3) is 3.52. The molecule has 0 aliphatic carbocycles. The molecule has 23 heavy (non-hydrogen) atoms. The Balaban J connectivity index is 1.91. The number of hydrogen-bond donors (Lipinski definition) is 0. The van der Waals surface area contributed by atoms with Crippen molar-refractivity contribution in [1.82, 2.24) is 4.98 Å². The van der Waals surface area contributed by atoms with E-state index in [1.54, 1.807) is 23.1 Å². The molecule has 3 nitrogen and oxygen atoms in total. The summed E-state index contributed by atoms with van der Waals surface area (Å²) in [5, 5.41) is 2.60. The number of rotatable bonds is 5. The quantitative estimate of drug-likeness (QED) is 0.574. The Morgan fingerprint density at radius 3 is 2.70 bits per heavy atom. The standard InChI is InChI=1S/C17H13ClN2OS2/c1-2-10-20(16(21)14-8-9-15(18)23-14)17-19-13(11-22-17)12-6-4-3-5-7-12/h2-9,11H,1,10H2. The van der Waals surface area contributed by atoms with Crippen LogP contribution in [0.1, 0.15) is 9.67 Å². The summed E-state index contributed by atoms with van der Waals surface area (Å²) in [5.74, 6) is -0.115. The van der Waals surface area contributed by atoms with Gasteiger partial charge in [-0.05, 0) is 12.1 Å². The molecule has 0 spiro atoms. The van der Waals surface area contributed by atoms with Gasteiger partial charge in [-0.1, -0.05) is 48.0 Å². The number of carbonyl (C=O) groups is 1. The van der Waals surface area contributed by atoms with Crippen molar-refractivity contribution in [2.24, 2.45) is 0 Å². The minimum absolute atomic E-state index is 0.115. The van der Waals surface area contributed by atoms with Gasteiger partial charge in [-0.3, -0.25) is 9.69 Å². The van der Waals surface area contributed by atoms with Crippen LogP contribution in [0.15, 0.2) is 60.5 Å². The zero-order valence-corrected chi connectivity index (χ0v) is 14.5. The lowest BCUT2D eigenvalue weighted by Crippen LogP contribution is -2.30. The Morgan fingerprint density at radius 1 is 1.26 bits per heavy atom. The average molecular weight is 361 g/mol. The molecule has 0 bridgehead atoms. The van der Waals surface area contributed by atoms with Gasteiger partial charge in [0.15, 0.2) is 5.13 Å². The molecule has 2 heterocycles. The van der Waals surface area contributed by atoms with Crippen LogP contribution in [0.4, 0.5) is 5.13 Å². The zero-order chi connectivity index (χ0) is 16.2. The predicted molar refractivity (Wildman–Crippen MR) is 98.8 cm³/mol. The van der Waals surface area contributed by atoms with E-state index in [9.17, 15) is 4.79 Å². The van der Waals surface area contributed by atoms with E-state index in [0.29, 0.717) is 20.9 Å². The Bertz CT molecular complexity index is 826. The lowest BCUT2D eigenvalue weighted by Gasteiger charge is -2.16. The van der Waals surface area contributed by atoms with Crippen LogP contribution in [0.3, 0.4) is 0 Å². The van der Waals surface area contributed by atoms with Crippen LogP contribution >= 0.6 is 34.3 Å². The van der Waals surface area contributed by atoms with E-state index >= 15 is 0 Å². The number of anilines is 1. The van der Waals surface area contributed by atoms with Crippen molar-refractivity contribution in [1.29, 1.82) is 0 Å². The number of benzene rings is 1. The molecule has 0 saturated heterocycles. The smallest absolute Gasteiger partial charge is 0.270 e. The first-order chi connectivity index (χ1) is 11.2. The van der Waals surface area contributed by atoms with Crippen molar-refractivity contribution in [3.63, 3.8) is 0 Å². The topological polar surface area (TPSA) is 33.2 Å². The molecule has 0 aliphatic heterocycles. The van der Waals surface area contributed by atoms with Gasteiger partial charge in [0.2, 0.25) is 0 Å². The zero-order valence-electron chi connectivity index (χ0n) is 12.1. The summed E-state index contributed by atoms with van der Waals surface area (Å²) < 4.78 is 0.594. The highest BCUT2D eigenvalue weighted by Gasteiger charge is 2.21. The molecular formula is C17H13ClN2OS2. The van der Waals surface area contributed by atoms with E-state index in [1.165, 1.54) is 22.7 Å². The summed E-state index contributed by atoms with van der Waals surface area (Å²) in [5.41, 5.74) is 1.89. The predicted octanol–water partition coefficient (Wildman–Crippen LogP) is 5.36. The molecule has 0 N–H and O–H groups in total. The second kappa shape index (κ2) is 7.08. The Labute approximate surface area is 147 Å². The van der Waals surface area contributed by atoms with E-state index in [-0.39, 0.29) is 5.91 Å². The Kier molecular flexibility index (Phi) is 4.91. The molecular weight excluding hydrogens is 348 g/mol. The van der Waals surface area contributed by atoms with Gasteiger partial charge in [-0.2, -0.15) is 0 Å². The first kappa shape index (κ1) is 15.9. The van der Waals surface area contributed by atoms with Crippen molar-refractivity contribution in [2.45, 2.75) is 0 Å². The summed E-state index contributed by atoms with van der Waals surface area (Å²) in [4.78, 5) is 19.5. The van der Waals surface area contributed by atoms with Gasteiger partial charge >= 0.3 is 0 Å². The number of amides is 1. The SMILES string of the molecule is C=CCN(C(=O)c1ccc(Cl)s1)c1nc(-c2ccccc2)cs1. The van der Waals surface area contributed by atoms with Crippen LogP contribution in [0, 0.1) is 0 Å². The van der Waals surface area contributed by atoms with Gasteiger partial charge in [-0.15, -0.1) is 29.3 Å². The molecule has 116 valence electrons. The normalized spacial score (nSPS) is 10.5. The monoisotopic (exact) mass is 360 g/mol. The van der Waals surface area contributed by atoms with E-state index in [2.05, 4.69) is 11.6 Å². The molecule has 3 aromatic rings. The number of carbonyl (C=O) groups excluding carboxylic acids is 1. The van der Waals surface area contributed by atoms with E-state index in [4.69, 9.17) is 11.6 Å². The van der Waals surface area contributed by atoms with Crippen LogP contribution in [0.5, 0.6) is 0 Å². The molecule has 0 fully saturated rings. The molecule has 1 amide bonds. The molecule has 1 aromatic carbocycles. The second-order valence-electron chi connectivity index (χ2n) is 4.69. The molecule has 3 rings (SSSR count). The largest absolute Gasteiger partial charge is 0.279 e. The number of aromatic nitrogens is 1. The fraction of sp³-hybridized carbons (Fsp3) is 0.0588. The maximum absolute atomic E-state index is 12.7. The fourth-order valence-electron chi connectivity index (χ4n) is 2.07. The first-order valence-corrected chi connectivity index (χ1v) is 8.95. The van der Waals surface area contributed by atoms with Gasteiger partial charge in [0.05, 0.1) is 14.9 Å². The summed E-state index contributed by atoms with van der Waals surface area (Å²) in [6.07, 6.45) is 1.69. The van der Waals surface area contributed by atoms with Gasteiger partial charge in [-0.25, -0.2) is 4.98 Å². The minimum Gasteiger partial charge on any atom is -0.279 e. The van der Waals surface area contributed by atoms with E-state index < -0.39 is 0 Å². The van der Waals surface area contributed by atoms with Crippen molar-refractivity contribution in [2.75, 3.05) is 11.4 Å². The van der Waals surface area contributed by atoms with Gasteiger partial charge in [0, 0.05) is 17.5 Å². The third-order valence-corrected chi connectivity index (χ3v) is 5.22. The van der Waals surface area contributed by atoms with Crippen LogP contribution in [-0.2, 0) is 0 Å². The summed E-state index contributed by atoms with van der Waals surface area (Å²) in [7, 11) is 0. The number of thiazole rings is 1. The maximum Gasteiger partial charge on any atom is 0.270 e. The molecule has 0 unspecified atom stereocenters. The van der Waals surface area contributed by atoms with Crippen molar-refractivity contribution in [3.8, 4) is 11.3 Å². The molecule has 2 aromatic heterocycles. The van der Waals surface area contributed by atoms with E-state index in [1.807, 2.05) is 35.7 Å². The van der Waals surface area contributed by atoms with Crippen LogP contribution in [0.25, 0.3) is 11.3 Å². The highest BCUT2D eigenvalue weighted by Crippen LogP contribution is 2.30. The Morgan fingerprint density at radius 2 is 2.04 bits per heavy atom. The van der Waals surface area contributed by atoms with Gasteiger partial charge in [0.1, 0.15) is 0 Å². The first-order valence-electron chi connectivity index (χ1n) is 6.88. The average Bonchev–Trinajstić information content (AvgIpc) is 3.22. The van der Waals surface area contributed by atoms with Crippen molar-refractivity contribution < 1.29 is 4.79 Å². The number of nitrogens with zero attached hydrogens (tertiary/aromatic N) is 2. The van der Waals surface area contributed by atoms with Crippen LogP contribution in [-0.4, -0.2) is 17.4 Å². The molecule has 0 aliphatic rings. The minimum atomic E-state index is -0.115. The second-order valence-corrected chi connectivity index (χ2v) is 7.24. The molecule has 6 heteroatoms. The Hall–Kier alpha value is -1.95. The van der Waals surface area contributed by atoms with Crippen LogP contribution in [0.2, 0.25) is 4.34 Å². The highest BCUT2D eigenvalue weighted by atomic mass is 35.5. The highest BCUT2D eigenvalue weighted by molar-refractivity contribution is 7.18. The van der Waals surface area contributed by atoms with Crippen molar-refractivity contribution >= 4 is 45.3 Å². The number of halogens is 1. The lowest BCUT2D eigenvalue weighted by molar-refractivity contribution is 0.0993. The molecule has 0 radical (unpaired) electrons. The number of hydrogen-bond acceptors (Lipinski definition) is 4. The third-order valence-electron chi connectivity index (χ3n) is 3.13. The number of thiophene rings is 1. The van der Waals surface area contributed by atoms with Crippen LogP contribution < -0.4 is 4.90 Å². The maximum atomic E-state index is 12.7. The van der Waals surface area contributed by atoms with Gasteiger partial charge in [0.25, 0.3) is 5.91 Å². The van der Waals surface area contributed by atoms with Crippen molar-refractivity contribution in [3.05, 3.63) is 69.7 Å². The molecule has 0 atom stereocenters. The lowest BCUT2D eigenvalue weighted by atomic mass is 10.2. The fourth-order valence-corrected chi connectivity index (χ4v) is 3.90. The van der Waals surface area contributed by atoms with E-state index in [0.717, 1.165) is 11.3 Å². The summed E-state index contributed by atoms with van der Waals surface area (Å²) in [6, 6.07) is 13.4. The molecule has 0 saturated carbocycles. The summed E-state index contributed by atoms with van der Waals surface area (Å²) >= 11 is 8.64.